The summed E-state index contributed by atoms with van der Waals surface area (Å²) < 4.78 is 0. The molecule has 17 heavy (non-hydrogen) atoms. The van der Waals surface area contributed by atoms with Crippen LogP contribution in [0.2, 0.25) is 0 Å². The molecule has 0 amide bonds. The zero-order valence-corrected chi connectivity index (χ0v) is 9.89. The van der Waals surface area contributed by atoms with Gasteiger partial charge in [-0.2, -0.15) is 0 Å². The number of nitrogens with zero attached hydrogens (tertiary/aromatic N) is 1. The molecule has 3 rings (SSSR count). The van der Waals surface area contributed by atoms with Crippen molar-refractivity contribution >= 4 is 5.71 Å². The van der Waals surface area contributed by atoms with E-state index in [0.29, 0.717) is 0 Å². The van der Waals surface area contributed by atoms with Gasteiger partial charge in [0.05, 0.1) is 5.71 Å². The molecule has 1 unspecified atom stereocenters. The number of benzene rings is 1. The van der Waals surface area contributed by atoms with Crippen molar-refractivity contribution in [2.75, 3.05) is 0 Å². The molecular formula is C15H17NO. The maximum absolute atomic E-state index is 9.22. The van der Waals surface area contributed by atoms with Gasteiger partial charge in [-0.05, 0) is 36.7 Å². The quantitative estimate of drug-likeness (QED) is 0.410. The summed E-state index contributed by atoms with van der Waals surface area (Å²) in [5.41, 5.74) is 3.49. The lowest BCUT2D eigenvalue weighted by Gasteiger charge is -2.38. The van der Waals surface area contributed by atoms with Gasteiger partial charge < -0.3 is 5.21 Å². The number of hydrogen-bond acceptors (Lipinski definition) is 2. The second kappa shape index (κ2) is 4.02. The van der Waals surface area contributed by atoms with Gasteiger partial charge in [0.25, 0.3) is 0 Å². The van der Waals surface area contributed by atoms with E-state index in [9.17, 15) is 5.21 Å². The van der Waals surface area contributed by atoms with Crippen molar-refractivity contribution in [3.05, 3.63) is 47.5 Å². The summed E-state index contributed by atoms with van der Waals surface area (Å²) in [6.07, 6.45) is 10.2. The van der Waals surface area contributed by atoms with Crippen LogP contribution in [0, 0.1) is 5.41 Å². The molecule has 0 aromatic heterocycles. The molecule has 2 nitrogen and oxygen atoms in total. The molecule has 1 aromatic rings. The van der Waals surface area contributed by atoms with Gasteiger partial charge in [-0.3, -0.25) is 0 Å². The van der Waals surface area contributed by atoms with Crippen LogP contribution in [-0.2, 0) is 6.42 Å². The number of hydrogen-bond donors (Lipinski definition) is 1. The lowest BCUT2D eigenvalue weighted by molar-refractivity contribution is 0.298. The Kier molecular flexibility index (Phi) is 2.50. The Hall–Kier alpha value is -1.57. The molecule has 2 heteroatoms. The monoisotopic (exact) mass is 227 g/mol. The van der Waals surface area contributed by atoms with E-state index < -0.39 is 0 Å². The van der Waals surface area contributed by atoms with Crippen LogP contribution in [-0.4, -0.2) is 10.9 Å². The van der Waals surface area contributed by atoms with E-state index in [4.69, 9.17) is 0 Å². The molecule has 0 bridgehead atoms. The highest BCUT2D eigenvalue weighted by Gasteiger charge is 2.36. The molecular weight excluding hydrogens is 210 g/mol. The smallest absolute Gasteiger partial charge is 0.0879 e. The maximum atomic E-state index is 9.22. The zero-order chi connectivity index (χ0) is 11.7. The van der Waals surface area contributed by atoms with Crippen LogP contribution >= 0.6 is 0 Å². The molecule has 1 N–H and O–H groups in total. The molecule has 88 valence electrons. The molecule has 1 atom stereocenters. The predicted octanol–water partition coefficient (Wildman–Crippen LogP) is 3.54. The zero-order valence-electron chi connectivity index (χ0n) is 9.89. The topological polar surface area (TPSA) is 32.6 Å². The Bertz CT molecular complexity index is 489. The third-order valence-corrected chi connectivity index (χ3v) is 4.03. The van der Waals surface area contributed by atoms with Crippen LogP contribution in [0.1, 0.15) is 36.8 Å². The fourth-order valence-electron chi connectivity index (χ4n) is 3.20. The van der Waals surface area contributed by atoms with Crippen LogP contribution in [0.25, 0.3) is 0 Å². The molecule has 0 saturated heterocycles. The molecule has 2 aliphatic carbocycles. The first kappa shape index (κ1) is 10.6. The van der Waals surface area contributed by atoms with Crippen LogP contribution in [0.15, 0.2) is 41.6 Å². The molecule has 2 aliphatic rings. The maximum Gasteiger partial charge on any atom is 0.0879 e. The number of allylic oxidation sites excluding steroid dienone is 2. The second-order valence-electron chi connectivity index (χ2n) is 5.21. The van der Waals surface area contributed by atoms with Crippen LogP contribution in [0.3, 0.4) is 0 Å². The van der Waals surface area contributed by atoms with Crippen molar-refractivity contribution in [1.82, 2.24) is 0 Å². The van der Waals surface area contributed by atoms with E-state index in [1.54, 1.807) is 0 Å². The van der Waals surface area contributed by atoms with Gasteiger partial charge in [-0.25, -0.2) is 0 Å². The molecule has 0 radical (unpaired) electrons. The van der Waals surface area contributed by atoms with E-state index >= 15 is 0 Å². The Morgan fingerprint density at radius 2 is 2.06 bits per heavy atom. The Balaban J connectivity index is 2.06. The van der Waals surface area contributed by atoms with Crippen molar-refractivity contribution in [2.24, 2.45) is 10.6 Å². The Labute approximate surface area is 102 Å². The summed E-state index contributed by atoms with van der Waals surface area (Å²) in [6.45, 7) is 0. The van der Waals surface area contributed by atoms with Crippen LogP contribution in [0.5, 0.6) is 0 Å². The Morgan fingerprint density at radius 3 is 2.82 bits per heavy atom. The molecule has 0 heterocycles. The molecule has 1 aromatic carbocycles. The number of fused-ring (bicyclic) bond motifs is 1. The first-order chi connectivity index (χ1) is 8.33. The standard InChI is InChI=1S/C15H17NO/c17-16-14-11-15(8-4-1-5-9-15)10-12-6-2-3-7-13(12)14/h2-4,6-8,17H,1,5,9-11H2/b16-14+. The van der Waals surface area contributed by atoms with Crippen molar-refractivity contribution in [3.63, 3.8) is 0 Å². The summed E-state index contributed by atoms with van der Waals surface area (Å²) >= 11 is 0. The number of oxime groups is 1. The van der Waals surface area contributed by atoms with Gasteiger partial charge in [0.2, 0.25) is 0 Å². The van der Waals surface area contributed by atoms with Gasteiger partial charge in [0.15, 0.2) is 0 Å². The first-order valence-corrected chi connectivity index (χ1v) is 6.30. The lowest BCUT2D eigenvalue weighted by atomic mass is 9.66. The van der Waals surface area contributed by atoms with Crippen LogP contribution < -0.4 is 0 Å². The summed E-state index contributed by atoms with van der Waals surface area (Å²) in [7, 11) is 0. The van der Waals surface area contributed by atoms with Crippen molar-refractivity contribution < 1.29 is 5.21 Å². The van der Waals surface area contributed by atoms with Crippen LogP contribution in [0.4, 0.5) is 0 Å². The van der Waals surface area contributed by atoms with Crippen molar-refractivity contribution in [2.45, 2.75) is 32.1 Å². The predicted molar refractivity (Wildman–Crippen MR) is 68.5 cm³/mol. The highest BCUT2D eigenvalue weighted by Crippen LogP contribution is 2.43. The fourth-order valence-corrected chi connectivity index (χ4v) is 3.20. The summed E-state index contributed by atoms with van der Waals surface area (Å²) in [6, 6.07) is 8.30. The van der Waals surface area contributed by atoms with Gasteiger partial charge in [0.1, 0.15) is 0 Å². The van der Waals surface area contributed by atoms with E-state index in [2.05, 4.69) is 35.5 Å². The average Bonchev–Trinajstić information content (AvgIpc) is 2.38. The molecule has 0 saturated carbocycles. The molecule has 0 fully saturated rings. The first-order valence-electron chi connectivity index (χ1n) is 6.30. The SMILES string of the molecule is O/N=C1\CC2(C=CCCC2)Cc2ccccc21. The Morgan fingerprint density at radius 1 is 1.18 bits per heavy atom. The van der Waals surface area contributed by atoms with E-state index in [0.717, 1.165) is 24.1 Å². The summed E-state index contributed by atoms with van der Waals surface area (Å²) in [4.78, 5) is 0. The number of rotatable bonds is 0. The highest BCUT2D eigenvalue weighted by molar-refractivity contribution is 6.03. The van der Waals surface area contributed by atoms with E-state index in [1.165, 1.54) is 24.8 Å². The van der Waals surface area contributed by atoms with Gasteiger partial charge in [0, 0.05) is 12.0 Å². The minimum Gasteiger partial charge on any atom is -0.411 e. The summed E-state index contributed by atoms with van der Waals surface area (Å²) in [5, 5.41) is 12.7. The minimum atomic E-state index is 0.203. The van der Waals surface area contributed by atoms with E-state index in [1.807, 2.05) is 6.07 Å². The van der Waals surface area contributed by atoms with Gasteiger partial charge in [-0.15, -0.1) is 0 Å². The largest absolute Gasteiger partial charge is 0.411 e. The minimum absolute atomic E-state index is 0.203. The third kappa shape index (κ3) is 1.78. The molecule has 0 aliphatic heterocycles. The van der Waals surface area contributed by atoms with Crippen molar-refractivity contribution in [1.29, 1.82) is 0 Å². The summed E-state index contributed by atoms with van der Waals surface area (Å²) in [5.74, 6) is 0. The second-order valence-corrected chi connectivity index (χ2v) is 5.21. The highest BCUT2D eigenvalue weighted by atomic mass is 16.4. The third-order valence-electron chi connectivity index (χ3n) is 4.03. The molecule has 1 spiro atoms. The fraction of sp³-hybridized carbons (Fsp3) is 0.400. The van der Waals surface area contributed by atoms with Crippen molar-refractivity contribution in [3.8, 4) is 0 Å². The normalized spacial score (nSPS) is 29.5. The van der Waals surface area contributed by atoms with Gasteiger partial charge >= 0.3 is 0 Å². The lowest BCUT2D eigenvalue weighted by Crippen LogP contribution is -2.32. The van der Waals surface area contributed by atoms with E-state index in [-0.39, 0.29) is 5.41 Å². The average molecular weight is 227 g/mol. The van der Waals surface area contributed by atoms with Gasteiger partial charge in [-0.1, -0.05) is 41.6 Å².